The summed E-state index contributed by atoms with van der Waals surface area (Å²) in [7, 11) is 0. The minimum Gasteiger partial charge on any atom is -0.489 e. The van der Waals surface area contributed by atoms with Gasteiger partial charge in [0.15, 0.2) is 11.4 Å². The molecule has 2 aromatic heterocycles. The van der Waals surface area contributed by atoms with Crippen LogP contribution in [0.2, 0.25) is 0 Å². The molecule has 0 bridgehead atoms. The van der Waals surface area contributed by atoms with Crippen molar-refractivity contribution in [2.45, 2.75) is 26.7 Å². The second-order valence-corrected chi connectivity index (χ2v) is 4.13. The zero-order valence-corrected chi connectivity index (χ0v) is 10.3. The third-order valence-electron chi connectivity index (χ3n) is 2.66. The van der Waals surface area contributed by atoms with Crippen molar-refractivity contribution in [1.29, 1.82) is 5.26 Å². The summed E-state index contributed by atoms with van der Waals surface area (Å²) in [5.74, 6) is 0.955. The van der Waals surface area contributed by atoms with Crippen molar-refractivity contribution in [3.8, 4) is 11.8 Å². The predicted octanol–water partition coefficient (Wildman–Crippen LogP) is 2.73. The molecule has 0 aliphatic carbocycles. The average Bonchev–Trinajstić information content (AvgIpc) is 2.73. The van der Waals surface area contributed by atoms with Gasteiger partial charge >= 0.3 is 0 Å². The van der Waals surface area contributed by atoms with Crippen molar-refractivity contribution < 1.29 is 4.74 Å². The van der Waals surface area contributed by atoms with Crippen molar-refractivity contribution in [3.63, 3.8) is 0 Å². The Hall–Kier alpha value is -2.02. The number of pyridine rings is 1. The van der Waals surface area contributed by atoms with Gasteiger partial charge in [-0.25, -0.2) is 4.98 Å². The number of ether oxygens (including phenoxy) is 1. The van der Waals surface area contributed by atoms with Crippen LogP contribution in [0.5, 0.6) is 5.75 Å². The molecule has 0 fully saturated rings. The maximum Gasteiger partial charge on any atom is 0.181 e. The second-order valence-electron chi connectivity index (χ2n) is 4.13. The van der Waals surface area contributed by atoms with Crippen LogP contribution in [0.1, 0.15) is 37.9 Å². The quantitative estimate of drug-likeness (QED) is 0.813. The molecule has 17 heavy (non-hydrogen) atoms. The summed E-state index contributed by atoms with van der Waals surface area (Å²) in [5.41, 5.74) is 2.36. The monoisotopic (exact) mass is 229 g/mol. The molecule has 2 aromatic rings. The first-order chi connectivity index (χ1) is 8.19. The van der Waals surface area contributed by atoms with Crippen LogP contribution in [0.15, 0.2) is 18.5 Å². The first-order valence-corrected chi connectivity index (χ1v) is 5.71. The van der Waals surface area contributed by atoms with E-state index < -0.39 is 0 Å². The van der Waals surface area contributed by atoms with Crippen LogP contribution in [-0.4, -0.2) is 16.0 Å². The summed E-state index contributed by atoms with van der Waals surface area (Å²) in [6.07, 6.45) is 3.71. The van der Waals surface area contributed by atoms with Crippen molar-refractivity contribution in [2.75, 3.05) is 6.61 Å². The molecule has 0 unspecified atom stereocenters. The van der Waals surface area contributed by atoms with E-state index in [9.17, 15) is 0 Å². The third-order valence-corrected chi connectivity index (χ3v) is 2.66. The molecule has 0 radical (unpaired) electrons. The molecule has 0 N–H and O–H groups in total. The Balaban J connectivity index is 2.70. The first kappa shape index (κ1) is 11.5. The molecule has 4 nitrogen and oxygen atoms in total. The van der Waals surface area contributed by atoms with Crippen LogP contribution in [0, 0.1) is 11.3 Å². The number of nitrogens with zero attached hydrogens (tertiary/aromatic N) is 3. The summed E-state index contributed by atoms with van der Waals surface area (Å²) in [6, 6.07) is 3.90. The Morgan fingerprint density at radius 2 is 2.29 bits per heavy atom. The fourth-order valence-corrected chi connectivity index (χ4v) is 1.85. The van der Waals surface area contributed by atoms with Crippen molar-refractivity contribution in [3.05, 3.63) is 29.7 Å². The van der Waals surface area contributed by atoms with E-state index in [1.807, 2.05) is 23.7 Å². The molecule has 0 atom stereocenters. The van der Waals surface area contributed by atoms with Crippen molar-refractivity contribution in [2.24, 2.45) is 0 Å². The van der Waals surface area contributed by atoms with E-state index in [2.05, 4.69) is 24.9 Å². The lowest BCUT2D eigenvalue weighted by Crippen LogP contribution is -2.00. The van der Waals surface area contributed by atoms with Gasteiger partial charge in [0, 0.05) is 18.1 Å². The highest BCUT2D eigenvalue weighted by Gasteiger charge is 2.14. The predicted molar refractivity (Wildman–Crippen MR) is 65.2 cm³/mol. The van der Waals surface area contributed by atoms with Crippen LogP contribution in [-0.2, 0) is 0 Å². The lowest BCUT2D eigenvalue weighted by atomic mass is 10.1. The number of hydrogen-bond donors (Lipinski definition) is 0. The second kappa shape index (κ2) is 4.46. The zero-order valence-electron chi connectivity index (χ0n) is 10.3. The molecule has 0 aliphatic rings. The molecule has 0 aromatic carbocycles. The number of fused-ring (bicyclic) bond motifs is 1. The van der Waals surface area contributed by atoms with Gasteiger partial charge in [-0.3, -0.25) is 0 Å². The van der Waals surface area contributed by atoms with E-state index in [-0.39, 0.29) is 0 Å². The van der Waals surface area contributed by atoms with Gasteiger partial charge in [-0.2, -0.15) is 5.26 Å². The number of aromatic nitrogens is 2. The van der Waals surface area contributed by atoms with Crippen LogP contribution in [0.25, 0.3) is 5.65 Å². The van der Waals surface area contributed by atoms with E-state index in [1.54, 1.807) is 6.07 Å². The molecule has 0 saturated carbocycles. The smallest absolute Gasteiger partial charge is 0.181 e. The van der Waals surface area contributed by atoms with Gasteiger partial charge < -0.3 is 9.14 Å². The summed E-state index contributed by atoms with van der Waals surface area (Å²) in [4.78, 5) is 4.35. The highest BCUT2D eigenvalue weighted by molar-refractivity contribution is 5.62. The van der Waals surface area contributed by atoms with E-state index in [0.29, 0.717) is 23.8 Å². The fraction of sp³-hybridized carbons (Fsp3) is 0.385. The molecule has 0 saturated heterocycles. The van der Waals surface area contributed by atoms with Gasteiger partial charge in [0.2, 0.25) is 0 Å². The Morgan fingerprint density at radius 1 is 1.53 bits per heavy atom. The Labute approximate surface area is 100 Å². The van der Waals surface area contributed by atoms with Crippen molar-refractivity contribution in [1.82, 2.24) is 9.38 Å². The molecular formula is C13H15N3O. The molecule has 0 spiro atoms. The molecule has 88 valence electrons. The highest BCUT2D eigenvalue weighted by Crippen LogP contribution is 2.26. The zero-order chi connectivity index (χ0) is 12.4. The third kappa shape index (κ3) is 1.84. The number of imidazole rings is 1. The molecule has 4 heteroatoms. The van der Waals surface area contributed by atoms with Crippen LogP contribution >= 0.6 is 0 Å². The van der Waals surface area contributed by atoms with Gasteiger partial charge in [0.25, 0.3) is 0 Å². The number of nitriles is 1. The molecule has 0 amide bonds. The maximum absolute atomic E-state index is 9.05. The number of hydrogen-bond acceptors (Lipinski definition) is 3. The first-order valence-electron chi connectivity index (χ1n) is 5.71. The summed E-state index contributed by atoms with van der Waals surface area (Å²) >= 11 is 0. The minimum atomic E-state index is 0.382. The van der Waals surface area contributed by atoms with E-state index in [0.717, 1.165) is 11.3 Å². The average molecular weight is 229 g/mol. The van der Waals surface area contributed by atoms with Gasteiger partial charge in [-0.05, 0) is 18.9 Å². The highest BCUT2D eigenvalue weighted by atomic mass is 16.5. The standard InChI is InChI=1S/C13H15N3O/c1-4-17-12-10(7-14)5-6-16-11(9(2)3)8-15-13(12)16/h5-6,8-9H,4H2,1-3H3. The topological polar surface area (TPSA) is 50.3 Å². The number of rotatable bonds is 3. The SMILES string of the molecule is CCOc1c(C#N)ccn2c(C(C)C)cnc12. The van der Waals surface area contributed by atoms with E-state index in [4.69, 9.17) is 10.00 Å². The van der Waals surface area contributed by atoms with Gasteiger partial charge in [0.1, 0.15) is 6.07 Å². The Bertz CT molecular complexity index is 578. The van der Waals surface area contributed by atoms with Crippen LogP contribution in [0.4, 0.5) is 0 Å². The summed E-state index contributed by atoms with van der Waals surface area (Å²) < 4.78 is 7.51. The van der Waals surface area contributed by atoms with Gasteiger partial charge in [-0.15, -0.1) is 0 Å². The van der Waals surface area contributed by atoms with Crippen LogP contribution < -0.4 is 4.74 Å². The van der Waals surface area contributed by atoms with E-state index >= 15 is 0 Å². The van der Waals surface area contributed by atoms with Gasteiger partial charge in [-0.1, -0.05) is 13.8 Å². The Morgan fingerprint density at radius 3 is 2.88 bits per heavy atom. The molecule has 0 aliphatic heterocycles. The minimum absolute atomic E-state index is 0.382. The molecule has 2 rings (SSSR count). The fourth-order valence-electron chi connectivity index (χ4n) is 1.85. The largest absolute Gasteiger partial charge is 0.489 e. The Kier molecular flexibility index (Phi) is 3.01. The normalized spacial score (nSPS) is 10.8. The van der Waals surface area contributed by atoms with E-state index in [1.165, 1.54) is 0 Å². The maximum atomic E-state index is 9.05. The summed E-state index contributed by atoms with van der Waals surface area (Å²) in [6.45, 7) is 6.65. The van der Waals surface area contributed by atoms with Crippen molar-refractivity contribution >= 4 is 5.65 Å². The summed E-state index contributed by atoms with van der Waals surface area (Å²) in [5, 5.41) is 9.05. The molecule has 2 heterocycles. The molecular weight excluding hydrogens is 214 g/mol. The van der Waals surface area contributed by atoms with Crippen LogP contribution in [0.3, 0.4) is 0 Å². The van der Waals surface area contributed by atoms with Gasteiger partial charge in [0.05, 0.1) is 12.2 Å². The lowest BCUT2D eigenvalue weighted by molar-refractivity contribution is 0.341. The lowest BCUT2D eigenvalue weighted by Gasteiger charge is -2.09.